The van der Waals surface area contributed by atoms with Crippen LogP contribution in [0.15, 0.2) is 72.8 Å². The second-order valence-corrected chi connectivity index (χ2v) is 11.7. The minimum Gasteiger partial charge on any atom is -0.508 e. The molecule has 0 atom stereocenters. The highest BCUT2D eigenvalue weighted by atomic mass is 35.5. The highest BCUT2D eigenvalue weighted by molar-refractivity contribution is 7.79. The molecule has 5 N–H and O–H groups in total. The van der Waals surface area contributed by atoms with E-state index in [1.54, 1.807) is 60.7 Å². The summed E-state index contributed by atoms with van der Waals surface area (Å²) in [7, 11) is -4.67. The Morgan fingerprint density at radius 3 is 1.14 bits per heavy atom. The molecule has 4 aromatic rings. The van der Waals surface area contributed by atoms with E-state index in [2.05, 4.69) is 4.74 Å². The highest BCUT2D eigenvalue weighted by Gasteiger charge is 2.06. The van der Waals surface area contributed by atoms with Crippen LogP contribution in [0, 0.1) is 27.7 Å². The van der Waals surface area contributed by atoms with Crippen LogP contribution in [-0.4, -0.2) is 50.8 Å². The maximum absolute atomic E-state index is 10.6. The quantitative estimate of drug-likeness (QED) is 0.0579. The third kappa shape index (κ3) is 21.0. The number of aromatic hydroxyl groups is 3. The lowest BCUT2D eigenvalue weighted by molar-refractivity contribution is -0.156. The van der Waals surface area contributed by atoms with Gasteiger partial charge in [-0.05, 0) is 122 Å². The van der Waals surface area contributed by atoms with Crippen LogP contribution in [0.25, 0.3) is 11.1 Å². The van der Waals surface area contributed by atoms with Crippen molar-refractivity contribution in [3.8, 4) is 34.1 Å². The summed E-state index contributed by atoms with van der Waals surface area (Å²) in [5.74, 6) is -0.103. The van der Waals surface area contributed by atoms with Crippen molar-refractivity contribution in [1.82, 2.24) is 0 Å². The monoisotopic (exact) mass is 740 g/mol. The van der Waals surface area contributed by atoms with Crippen LogP contribution in [0.5, 0.6) is 23.0 Å². The first-order valence-electron chi connectivity index (χ1n) is 13.9. The van der Waals surface area contributed by atoms with Crippen molar-refractivity contribution in [3.05, 3.63) is 105 Å². The van der Waals surface area contributed by atoms with Gasteiger partial charge in [-0.3, -0.25) is 23.5 Å². The smallest absolute Gasteiger partial charge is 0.394 e. The van der Waals surface area contributed by atoms with E-state index in [4.69, 9.17) is 50.6 Å². The van der Waals surface area contributed by atoms with Crippen molar-refractivity contribution < 1.29 is 56.7 Å². The molecule has 0 fully saturated rings. The Morgan fingerprint density at radius 1 is 0.551 bits per heavy atom. The molecule has 0 aliphatic rings. The Labute approximate surface area is 295 Å². The molecule has 0 heterocycles. The van der Waals surface area contributed by atoms with Crippen LogP contribution in [0.4, 0.5) is 0 Å². The molecule has 0 aliphatic heterocycles. The topological polar surface area (TPSA) is 205 Å². The number of phenolic OH excluding ortho intramolecular Hbond substituents is 3. The second kappa shape index (κ2) is 21.3. The van der Waals surface area contributed by atoms with Crippen LogP contribution >= 0.6 is 23.2 Å². The fourth-order valence-corrected chi connectivity index (χ4v) is 3.81. The van der Waals surface area contributed by atoms with Crippen LogP contribution in [0.3, 0.4) is 0 Å². The van der Waals surface area contributed by atoms with Gasteiger partial charge in [-0.2, -0.15) is 8.42 Å². The normalized spacial score (nSPS) is 9.78. The first-order valence-corrected chi connectivity index (χ1v) is 16.0. The van der Waals surface area contributed by atoms with Crippen LogP contribution in [0.1, 0.15) is 43.0 Å². The van der Waals surface area contributed by atoms with Gasteiger partial charge >= 0.3 is 28.3 Å². The zero-order valence-corrected chi connectivity index (χ0v) is 30.0. The third-order valence-electron chi connectivity index (χ3n) is 5.53. The van der Waals surface area contributed by atoms with Crippen molar-refractivity contribution in [2.45, 2.75) is 48.5 Å². The molecule has 12 nitrogen and oxygen atoms in total. The lowest BCUT2D eigenvalue weighted by Crippen LogP contribution is -2.03. The number of carbonyl (C=O) groups excluding carboxylic acids is 3. The van der Waals surface area contributed by atoms with Crippen molar-refractivity contribution in [2.75, 3.05) is 0 Å². The van der Waals surface area contributed by atoms with Crippen LogP contribution in [0.2, 0.25) is 10.0 Å². The minimum atomic E-state index is -4.67. The molecule has 0 radical (unpaired) electrons. The number of phenols is 3. The van der Waals surface area contributed by atoms with Crippen molar-refractivity contribution in [1.29, 1.82) is 0 Å². The van der Waals surface area contributed by atoms with Gasteiger partial charge in [0.1, 0.15) is 23.0 Å². The predicted molar refractivity (Wildman–Crippen MR) is 187 cm³/mol. The fourth-order valence-electron chi connectivity index (χ4n) is 3.58. The zero-order valence-electron chi connectivity index (χ0n) is 27.7. The Kier molecular flexibility index (Phi) is 19.3. The van der Waals surface area contributed by atoms with E-state index >= 15 is 0 Å². The fraction of sp³-hybridized carbons (Fsp3) is 0.206. The summed E-state index contributed by atoms with van der Waals surface area (Å²) in [5.41, 5.74) is 6.00. The summed E-state index contributed by atoms with van der Waals surface area (Å²) in [6.45, 7) is 11.4. The summed E-state index contributed by atoms with van der Waals surface area (Å²) < 4.78 is 40.4. The van der Waals surface area contributed by atoms with E-state index in [9.17, 15) is 24.6 Å². The number of carbonyl (C=O) groups is 3. The third-order valence-corrected chi connectivity index (χ3v) is 6.38. The molecule has 0 aliphatic carbocycles. The maximum Gasteiger partial charge on any atom is 0.394 e. The van der Waals surface area contributed by atoms with Gasteiger partial charge in [-0.15, -0.1) is 0 Å². The van der Waals surface area contributed by atoms with E-state index in [0.717, 1.165) is 33.4 Å². The van der Waals surface area contributed by atoms with E-state index in [1.807, 2.05) is 39.8 Å². The molecular formula is C34H38Cl2O12S. The second-order valence-electron chi connectivity index (χ2n) is 9.97. The molecule has 0 bridgehead atoms. The minimum absolute atomic E-state index is 0.261. The molecule has 49 heavy (non-hydrogen) atoms. The molecule has 4 aromatic carbocycles. The van der Waals surface area contributed by atoms with E-state index in [1.165, 1.54) is 20.8 Å². The maximum atomic E-state index is 10.6. The lowest BCUT2D eigenvalue weighted by Gasteiger charge is -2.10. The number of hydrogen-bond donors (Lipinski definition) is 5. The number of esters is 3. The summed E-state index contributed by atoms with van der Waals surface area (Å²) in [6, 6.07) is 20.6. The van der Waals surface area contributed by atoms with Gasteiger partial charge in [0.15, 0.2) is 0 Å². The Hall–Kier alpha value is -4.66. The average molecular weight is 742 g/mol. The molecule has 266 valence electrons. The van der Waals surface area contributed by atoms with Gasteiger partial charge in [-0.25, -0.2) is 0 Å². The van der Waals surface area contributed by atoms with Gasteiger partial charge in [-0.1, -0.05) is 35.3 Å². The number of ether oxygens (including phenoxy) is 2. The molecule has 0 saturated carbocycles. The van der Waals surface area contributed by atoms with Gasteiger partial charge in [0, 0.05) is 30.8 Å². The summed E-state index contributed by atoms with van der Waals surface area (Å²) in [5, 5.41) is 29.0. The number of benzene rings is 4. The molecular weight excluding hydrogens is 703 g/mol. The van der Waals surface area contributed by atoms with Crippen molar-refractivity contribution in [2.24, 2.45) is 0 Å². The lowest BCUT2D eigenvalue weighted by atomic mass is 9.96. The molecule has 0 unspecified atom stereocenters. The van der Waals surface area contributed by atoms with E-state index in [0.29, 0.717) is 15.8 Å². The molecule has 4 rings (SSSR count). The van der Waals surface area contributed by atoms with E-state index in [-0.39, 0.29) is 23.2 Å². The molecule has 0 saturated heterocycles. The number of rotatable bonds is 2. The number of aryl methyl sites for hydroxylation is 4. The average Bonchev–Trinajstić information content (AvgIpc) is 2.93. The van der Waals surface area contributed by atoms with Crippen LogP contribution in [-0.2, 0) is 29.5 Å². The van der Waals surface area contributed by atoms with Crippen LogP contribution < -0.4 is 4.74 Å². The molecule has 0 aromatic heterocycles. The number of hydrogen-bond acceptors (Lipinski definition) is 10. The SMILES string of the molecule is CC(=O)OC(C)=O.CC(=O)Oc1ccc(Cl)c(C)c1.Cc1cc(O)ccc1-c1ccc(O)cc1C.Cc1cc(O)ccc1Cl.O=S(=O)(O)O. The Morgan fingerprint density at radius 2 is 0.878 bits per heavy atom. The Bertz CT molecular complexity index is 1770. The molecule has 15 heteroatoms. The first kappa shape index (κ1) is 44.3. The van der Waals surface area contributed by atoms with Gasteiger partial charge < -0.3 is 24.8 Å². The van der Waals surface area contributed by atoms with Crippen molar-refractivity contribution >= 4 is 51.5 Å². The van der Waals surface area contributed by atoms with Gasteiger partial charge in [0.2, 0.25) is 0 Å². The summed E-state index contributed by atoms with van der Waals surface area (Å²) in [4.78, 5) is 30.2. The summed E-state index contributed by atoms with van der Waals surface area (Å²) in [6.07, 6.45) is 0. The predicted octanol–water partition coefficient (Wildman–Crippen LogP) is 7.75. The molecule has 0 spiro atoms. The number of halogens is 2. The van der Waals surface area contributed by atoms with Gasteiger partial charge in [0.25, 0.3) is 0 Å². The highest BCUT2D eigenvalue weighted by Crippen LogP contribution is 2.30. The van der Waals surface area contributed by atoms with E-state index < -0.39 is 22.3 Å². The van der Waals surface area contributed by atoms with Crippen molar-refractivity contribution in [3.63, 3.8) is 0 Å². The standard InChI is InChI=1S/C14H14O2.C9H9ClO2.C7H7ClO.C4H6O3.H2O4S/c1-9-7-11(15)3-5-13(9)14-6-4-12(16)8-10(14)2;1-6-5-8(12-7(2)11)3-4-9(6)10;1-5-4-6(9)2-3-7(5)8;1-3(5)7-4(2)6;1-5(2,3)4/h3-8,15-16H,1-2H3;3-5H,1-2H3;2-4,9H,1H3;1-2H3;(H2,1,2,3,4). The zero-order chi connectivity index (χ0) is 38.1. The summed E-state index contributed by atoms with van der Waals surface area (Å²) >= 11 is 11.4. The largest absolute Gasteiger partial charge is 0.508 e. The molecule has 0 amide bonds. The van der Waals surface area contributed by atoms with Gasteiger partial charge in [0.05, 0.1) is 0 Å². The Balaban J connectivity index is 0.000000623. The first-order chi connectivity index (χ1) is 22.5.